The Balaban J connectivity index is 1.70. The Morgan fingerprint density at radius 2 is 1.96 bits per heavy atom. The number of benzene rings is 1. The molecule has 0 radical (unpaired) electrons. The van der Waals surface area contributed by atoms with Crippen LogP contribution < -0.4 is 9.47 Å². The van der Waals surface area contributed by atoms with Crippen LogP contribution in [0.25, 0.3) is 0 Å². The number of methoxy groups -OCH3 is 2. The normalized spacial score (nSPS) is 13.6. The lowest BCUT2D eigenvalue weighted by Gasteiger charge is -2.27. The first-order chi connectivity index (χ1) is 11.1. The van der Waals surface area contributed by atoms with Gasteiger partial charge in [0.1, 0.15) is 5.82 Å². The highest BCUT2D eigenvalue weighted by molar-refractivity contribution is 5.79. The van der Waals surface area contributed by atoms with Crippen molar-refractivity contribution >= 4 is 5.91 Å². The smallest absolute Gasteiger partial charge is 0.227 e. The molecule has 0 spiro atoms. The molecule has 2 aromatic rings. The molecule has 0 fully saturated rings. The Kier molecular flexibility index (Phi) is 4.18. The van der Waals surface area contributed by atoms with E-state index in [4.69, 9.17) is 9.47 Å². The Hall–Kier alpha value is -2.57. The number of carbonyl (C=O) groups is 1. The second-order valence-corrected chi connectivity index (χ2v) is 5.50. The average molecular weight is 316 g/mol. The van der Waals surface area contributed by atoms with E-state index < -0.39 is 0 Å². The number of aryl methyl sites for hydroxylation is 1. The number of carbonyl (C=O) groups excluding carboxylic acids is 1. The van der Waals surface area contributed by atoms with E-state index in [9.17, 15) is 4.79 Å². The van der Waals surface area contributed by atoms with Gasteiger partial charge in [-0.1, -0.05) is 6.07 Å². The molecule has 1 aromatic carbocycles. The van der Waals surface area contributed by atoms with Crippen LogP contribution in [0.15, 0.2) is 18.2 Å². The van der Waals surface area contributed by atoms with Crippen LogP contribution in [0.2, 0.25) is 0 Å². The van der Waals surface area contributed by atoms with Gasteiger partial charge in [-0.05, 0) is 24.6 Å². The van der Waals surface area contributed by atoms with Crippen molar-refractivity contribution in [1.29, 1.82) is 0 Å². The topological polar surface area (TPSA) is 69.5 Å². The van der Waals surface area contributed by atoms with Gasteiger partial charge in [-0.15, -0.1) is 10.2 Å². The van der Waals surface area contributed by atoms with Gasteiger partial charge in [-0.25, -0.2) is 0 Å². The van der Waals surface area contributed by atoms with Gasteiger partial charge in [0.15, 0.2) is 17.3 Å². The Bertz CT molecular complexity index is 726. The second kappa shape index (κ2) is 6.28. The van der Waals surface area contributed by atoms with Gasteiger partial charge in [0, 0.05) is 13.1 Å². The highest BCUT2D eigenvalue weighted by atomic mass is 16.5. The number of aromatic nitrogens is 3. The Morgan fingerprint density at radius 1 is 1.17 bits per heavy atom. The molecule has 2 heterocycles. The van der Waals surface area contributed by atoms with E-state index in [2.05, 4.69) is 14.8 Å². The predicted octanol–water partition coefficient (Wildman–Crippen LogP) is 1.19. The van der Waals surface area contributed by atoms with Crippen LogP contribution in [0.1, 0.15) is 17.2 Å². The zero-order valence-corrected chi connectivity index (χ0v) is 13.6. The zero-order chi connectivity index (χ0) is 16.4. The summed E-state index contributed by atoms with van der Waals surface area (Å²) in [5, 5.41) is 8.19. The van der Waals surface area contributed by atoms with Gasteiger partial charge in [0.25, 0.3) is 0 Å². The molecule has 23 heavy (non-hydrogen) atoms. The molecule has 1 aliphatic rings. The van der Waals surface area contributed by atoms with Crippen molar-refractivity contribution in [2.24, 2.45) is 0 Å². The minimum atomic E-state index is 0.0733. The number of hydrogen-bond donors (Lipinski definition) is 0. The van der Waals surface area contributed by atoms with Crippen molar-refractivity contribution in [2.45, 2.75) is 26.4 Å². The van der Waals surface area contributed by atoms with Crippen molar-refractivity contribution in [3.8, 4) is 11.5 Å². The van der Waals surface area contributed by atoms with Crippen molar-refractivity contribution in [2.75, 3.05) is 20.8 Å². The summed E-state index contributed by atoms with van der Waals surface area (Å²) in [6, 6.07) is 5.54. The minimum Gasteiger partial charge on any atom is -0.493 e. The Labute approximate surface area is 134 Å². The number of ether oxygens (including phenoxy) is 2. The SMILES string of the molecule is COc1ccc(CC(=O)N2CCn3c(C)nnc3C2)cc1OC. The van der Waals surface area contributed by atoms with Crippen LogP contribution in [0, 0.1) is 6.92 Å². The van der Waals surface area contributed by atoms with Gasteiger partial charge < -0.3 is 18.9 Å². The van der Waals surface area contributed by atoms with Crippen LogP contribution in [-0.2, 0) is 24.3 Å². The maximum Gasteiger partial charge on any atom is 0.227 e. The molecule has 1 amide bonds. The third kappa shape index (κ3) is 2.99. The third-order valence-corrected chi connectivity index (χ3v) is 4.09. The summed E-state index contributed by atoms with van der Waals surface area (Å²) in [5.74, 6) is 3.10. The van der Waals surface area contributed by atoms with Crippen LogP contribution in [0.4, 0.5) is 0 Å². The molecule has 7 nitrogen and oxygen atoms in total. The predicted molar refractivity (Wildman–Crippen MR) is 83.4 cm³/mol. The molecule has 1 aromatic heterocycles. The monoisotopic (exact) mass is 316 g/mol. The first kappa shape index (κ1) is 15.3. The Morgan fingerprint density at radius 3 is 2.70 bits per heavy atom. The summed E-state index contributed by atoms with van der Waals surface area (Å²) < 4.78 is 12.6. The van der Waals surface area contributed by atoms with Crippen molar-refractivity contribution in [1.82, 2.24) is 19.7 Å². The summed E-state index contributed by atoms with van der Waals surface area (Å²) in [5.41, 5.74) is 0.899. The molecule has 1 aliphatic heterocycles. The van der Waals surface area contributed by atoms with E-state index in [0.717, 1.165) is 23.8 Å². The molecule has 0 bridgehead atoms. The lowest BCUT2D eigenvalue weighted by Crippen LogP contribution is -2.39. The van der Waals surface area contributed by atoms with Crippen molar-refractivity contribution in [3.05, 3.63) is 35.4 Å². The highest BCUT2D eigenvalue weighted by Crippen LogP contribution is 2.28. The number of amides is 1. The lowest BCUT2D eigenvalue weighted by atomic mass is 10.1. The van der Waals surface area contributed by atoms with E-state index in [0.29, 0.717) is 31.0 Å². The average Bonchev–Trinajstić information content (AvgIpc) is 2.95. The van der Waals surface area contributed by atoms with Crippen molar-refractivity contribution in [3.63, 3.8) is 0 Å². The fourth-order valence-electron chi connectivity index (χ4n) is 2.79. The molecule has 0 N–H and O–H groups in total. The number of nitrogens with zero attached hydrogens (tertiary/aromatic N) is 4. The molecule has 0 saturated heterocycles. The number of hydrogen-bond acceptors (Lipinski definition) is 5. The molecular formula is C16H20N4O3. The van der Waals surface area contributed by atoms with E-state index >= 15 is 0 Å². The van der Waals surface area contributed by atoms with Gasteiger partial charge >= 0.3 is 0 Å². The maximum absolute atomic E-state index is 12.5. The first-order valence-corrected chi connectivity index (χ1v) is 7.49. The van der Waals surface area contributed by atoms with Crippen LogP contribution in [0.3, 0.4) is 0 Å². The van der Waals surface area contributed by atoms with E-state index in [-0.39, 0.29) is 5.91 Å². The largest absolute Gasteiger partial charge is 0.493 e. The van der Waals surface area contributed by atoms with Gasteiger partial charge in [-0.2, -0.15) is 0 Å². The van der Waals surface area contributed by atoms with E-state index in [1.54, 1.807) is 14.2 Å². The highest BCUT2D eigenvalue weighted by Gasteiger charge is 2.23. The third-order valence-electron chi connectivity index (χ3n) is 4.09. The summed E-state index contributed by atoms with van der Waals surface area (Å²) in [7, 11) is 3.18. The molecule has 122 valence electrons. The van der Waals surface area contributed by atoms with Gasteiger partial charge in [0.2, 0.25) is 5.91 Å². The summed E-state index contributed by atoms with van der Waals surface area (Å²) in [6.45, 7) is 3.86. The zero-order valence-electron chi connectivity index (χ0n) is 13.6. The lowest BCUT2D eigenvalue weighted by molar-refractivity contribution is -0.132. The molecule has 0 aliphatic carbocycles. The molecule has 3 rings (SSSR count). The fourth-order valence-corrected chi connectivity index (χ4v) is 2.79. The van der Waals surface area contributed by atoms with Crippen LogP contribution in [0.5, 0.6) is 11.5 Å². The number of rotatable bonds is 4. The summed E-state index contributed by atoms with van der Waals surface area (Å²) in [4.78, 5) is 14.4. The van der Waals surface area contributed by atoms with E-state index in [1.807, 2.05) is 30.0 Å². The summed E-state index contributed by atoms with van der Waals surface area (Å²) in [6.07, 6.45) is 0.327. The van der Waals surface area contributed by atoms with Gasteiger partial charge in [0.05, 0.1) is 27.2 Å². The molecule has 7 heteroatoms. The van der Waals surface area contributed by atoms with Gasteiger partial charge in [-0.3, -0.25) is 4.79 Å². The van der Waals surface area contributed by atoms with Crippen molar-refractivity contribution < 1.29 is 14.3 Å². The molecule has 0 saturated carbocycles. The minimum absolute atomic E-state index is 0.0733. The fraction of sp³-hybridized carbons (Fsp3) is 0.438. The maximum atomic E-state index is 12.5. The molecule has 0 unspecified atom stereocenters. The second-order valence-electron chi connectivity index (χ2n) is 5.50. The van der Waals surface area contributed by atoms with Crippen LogP contribution in [-0.4, -0.2) is 46.3 Å². The van der Waals surface area contributed by atoms with Crippen LogP contribution >= 0.6 is 0 Å². The number of fused-ring (bicyclic) bond motifs is 1. The quantitative estimate of drug-likeness (QED) is 0.847. The standard InChI is InChI=1S/C16H20N4O3/c1-11-17-18-15-10-19(6-7-20(11)15)16(21)9-12-4-5-13(22-2)14(8-12)23-3/h4-5,8H,6-7,9-10H2,1-3H3. The summed E-state index contributed by atoms with van der Waals surface area (Å²) >= 11 is 0. The first-order valence-electron chi connectivity index (χ1n) is 7.49. The molecule has 0 atom stereocenters. The van der Waals surface area contributed by atoms with E-state index in [1.165, 1.54) is 0 Å². The molecular weight excluding hydrogens is 296 g/mol.